The highest BCUT2D eigenvalue weighted by atomic mass is 32.2. The molecule has 1 aliphatic rings. The van der Waals surface area contributed by atoms with Gasteiger partial charge in [-0.05, 0) is 62.3 Å². The number of amides is 1. The van der Waals surface area contributed by atoms with Crippen molar-refractivity contribution in [2.75, 3.05) is 23.1 Å². The van der Waals surface area contributed by atoms with Crippen LogP contribution in [0, 0.1) is 6.92 Å². The maximum Gasteiger partial charge on any atom is 0.416 e. The van der Waals surface area contributed by atoms with Gasteiger partial charge in [0.15, 0.2) is 0 Å². The van der Waals surface area contributed by atoms with E-state index in [1.807, 2.05) is 11.8 Å². The lowest BCUT2D eigenvalue weighted by atomic mass is 10.0. The number of sulfonamides is 1. The van der Waals surface area contributed by atoms with E-state index >= 15 is 0 Å². The minimum absolute atomic E-state index is 0.0998. The van der Waals surface area contributed by atoms with Crippen LogP contribution in [0.3, 0.4) is 0 Å². The van der Waals surface area contributed by atoms with E-state index in [0.717, 1.165) is 40.2 Å². The predicted octanol–water partition coefficient (Wildman–Crippen LogP) is 5.78. The Labute approximate surface area is 209 Å². The molecule has 0 atom stereocenters. The van der Waals surface area contributed by atoms with E-state index < -0.39 is 34.2 Å². The van der Waals surface area contributed by atoms with Gasteiger partial charge in [0.05, 0.1) is 16.1 Å². The number of halogens is 3. The molecule has 1 saturated carbocycles. The van der Waals surface area contributed by atoms with Gasteiger partial charge in [0.1, 0.15) is 6.54 Å². The van der Waals surface area contributed by atoms with Crippen molar-refractivity contribution in [2.24, 2.45) is 0 Å². The summed E-state index contributed by atoms with van der Waals surface area (Å²) in [7, 11) is -4.28. The van der Waals surface area contributed by atoms with E-state index in [4.69, 9.17) is 0 Å². The summed E-state index contributed by atoms with van der Waals surface area (Å²) >= 11 is 1.90. The lowest BCUT2D eigenvalue weighted by Gasteiger charge is -2.25. The maximum absolute atomic E-state index is 13.4. The summed E-state index contributed by atoms with van der Waals surface area (Å²) in [4.78, 5) is 12.6. The van der Waals surface area contributed by atoms with Gasteiger partial charge in [0, 0.05) is 11.8 Å². The van der Waals surface area contributed by atoms with Crippen molar-refractivity contribution in [3.63, 3.8) is 0 Å². The molecule has 0 heterocycles. The molecule has 0 unspecified atom stereocenters. The lowest BCUT2D eigenvalue weighted by molar-refractivity contribution is -0.137. The van der Waals surface area contributed by atoms with Crippen LogP contribution in [0.2, 0.25) is 0 Å². The lowest BCUT2D eigenvalue weighted by Crippen LogP contribution is -2.41. The first-order valence-electron chi connectivity index (χ1n) is 11.7. The average Bonchev–Trinajstić information content (AvgIpc) is 2.83. The van der Waals surface area contributed by atoms with Gasteiger partial charge < -0.3 is 5.32 Å². The molecule has 0 aliphatic heterocycles. The summed E-state index contributed by atoms with van der Waals surface area (Å²) in [6.45, 7) is 1.55. The molecule has 3 rings (SSSR count). The fraction of sp³-hybridized carbons (Fsp3) is 0.480. The predicted molar refractivity (Wildman–Crippen MR) is 134 cm³/mol. The number of alkyl halides is 3. The number of benzene rings is 2. The Hall–Kier alpha value is -2.20. The molecule has 0 spiro atoms. The van der Waals surface area contributed by atoms with Gasteiger partial charge in [-0.25, -0.2) is 8.42 Å². The number of hydrogen-bond acceptors (Lipinski definition) is 4. The molecule has 10 heteroatoms. The van der Waals surface area contributed by atoms with Crippen LogP contribution >= 0.6 is 11.8 Å². The Morgan fingerprint density at radius 1 is 1.09 bits per heavy atom. The SMILES string of the molecule is Cc1ccc(S(=O)(=O)N(CC(=O)NCCCSC2CCCCC2)c2cccc(C(F)(F)F)c2)cc1. The smallest absolute Gasteiger partial charge is 0.354 e. The first-order chi connectivity index (χ1) is 16.6. The number of nitrogens with zero attached hydrogens (tertiary/aromatic N) is 1. The third-order valence-electron chi connectivity index (χ3n) is 5.91. The van der Waals surface area contributed by atoms with Crippen LogP contribution in [-0.2, 0) is 21.0 Å². The second-order valence-corrected chi connectivity index (χ2v) is 12.0. The van der Waals surface area contributed by atoms with Gasteiger partial charge in [-0.1, -0.05) is 43.0 Å². The molecule has 5 nitrogen and oxygen atoms in total. The zero-order chi connectivity index (χ0) is 25.5. The number of nitrogens with one attached hydrogen (secondary N) is 1. The van der Waals surface area contributed by atoms with Crippen LogP contribution in [-0.4, -0.2) is 38.4 Å². The van der Waals surface area contributed by atoms with Crippen LogP contribution in [0.4, 0.5) is 18.9 Å². The van der Waals surface area contributed by atoms with Crippen molar-refractivity contribution < 1.29 is 26.4 Å². The summed E-state index contributed by atoms with van der Waals surface area (Å²) in [5, 5.41) is 3.38. The molecule has 1 amide bonds. The number of carbonyl (C=O) groups is 1. The molecular weight excluding hydrogens is 497 g/mol. The number of hydrogen-bond donors (Lipinski definition) is 1. The van der Waals surface area contributed by atoms with Crippen molar-refractivity contribution in [1.82, 2.24) is 5.32 Å². The van der Waals surface area contributed by atoms with E-state index in [-0.39, 0.29) is 10.6 Å². The van der Waals surface area contributed by atoms with E-state index in [0.29, 0.717) is 11.8 Å². The topological polar surface area (TPSA) is 66.5 Å². The monoisotopic (exact) mass is 528 g/mol. The fourth-order valence-corrected chi connectivity index (χ4v) is 6.68. The molecule has 0 radical (unpaired) electrons. The van der Waals surface area contributed by atoms with Gasteiger partial charge >= 0.3 is 6.18 Å². The zero-order valence-electron chi connectivity index (χ0n) is 19.7. The van der Waals surface area contributed by atoms with Crippen LogP contribution in [0.15, 0.2) is 53.4 Å². The highest BCUT2D eigenvalue weighted by Gasteiger charge is 2.33. The largest absolute Gasteiger partial charge is 0.416 e. The van der Waals surface area contributed by atoms with E-state index in [1.165, 1.54) is 50.3 Å². The van der Waals surface area contributed by atoms with E-state index in [1.54, 1.807) is 19.1 Å². The molecule has 35 heavy (non-hydrogen) atoms. The van der Waals surface area contributed by atoms with Gasteiger partial charge in [0.25, 0.3) is 10.0 Å². The van der Waals surface area contributed by atoms with E-state index in [9.17, 15) is 26.4 Å². The second kappa shape index (κ2) is 12.2. The highest BCUT2D eigenvalue weighted by Crippen LogP contribution is 2.33. The number of carbonyl (C=O) groups excluding carboxylic acids is 1. The van der Waals surface area contributed by atoms with Crippen LogP contribution in [0.1, 0.15) is 49.7 Å². The minimum Gasteiger partial charge on any atom is -0.354 e. The van der Waals surface area contributed by atoms with Crippen molar-refractivity contribution in [2.45, 2.75) is 61.8 Å². The molecule has 2 aromatic rings. The van der Waals surface area contributed by atoms with E-state index in [2.05, 4.69) is 5.32 Å². The highest BCUT2D eigenvalue weighted by molar-refractivity contribution is 7.99. The molecule has 2 aromatic carbocycles. The molecule has 192 valence electrons. The van der Waals surface area contributed by atoms with Gasteiger partial charge in [-0.15, -0.1) is 0 Å². The van der Waals surface area contributed by atoms with Crippen molar-refractivity contribution in [3.05, 3.63) is 59.7 Å². The number of rotatable bonds is 10. The third kappa shape index (κ3) is 7.90. The Bertz CT molecular complexity index is 1080. The van der Waals surface area contributed by atoms with Crippen LogP contribution in [0.25, 0.3) is 0 Å². The number of aryl methyl sites for hydroxylation is 1. The van der Waals surface area contributed by atoms with Gasteiger partial charge in [-0.2, -0.15) is 24.9 Å². The third-order valence-corrected chi connectivity index (χ3v) is 9.16. The fourth-order valence-electron chi connectivity index (χ4n) is 3.96. The molecule has 1 aliphatic carbocycles. The number of thioether (sulfide) groups is 1. The maximum atomic E-state index is 13.4. The van der Waals surface area contributed by atoms with Crippen molar-refractivity contribution in [1.29, 1.82) is 0 Å². The summed E-state index contributed by atoms with van der Waals surface area (Å²) in [6.07, 6.45) is 2.35. The molecule has 0 aromatic heterocycles. The summed E-state index contributed by atoms with van der Waals surface area (Å²) in [5.74, 6) is 0.324. The summed E-state index contributed by atoms with van der Waals surface area (Å²) < 4.78 is 67.3. The molecule has 0 bridgehead atoms. The Morgan fingerprint density at radius 2 is 1.77 bits per heavy atom. The normalized spacial score (nSPS) is 15.1. The Balaban J connectivity index is 1.71. The van der Waals surface area contributed by atoms with Gasteiger partial charge in [0.2, 0.25) is 5.91 Å². The summed E-state index contributed by atoms with van der Waals surface area (Å²) in [5.41, 5.74) is -0.374. The number of anilines is 1. The quantitative estimate of drug-likeness (QED) is 0.397. The molecule has 0 saturated heterocycles. The van der Waals surface area contributed by atoms with Crippen molar-refractivity contribution >= 4 is 33.4 Å². The molecular formula is C25H31F3N2O3S2. The van der Waals surface area contributed by atoms with Crippen LogP contribution in [0.5, 0.6) is 0 Å². The Morgan fingerprint density at radius 3 is 2.43 bits per heavy atom. The van der Waals surface area contributed by atoms with Gasteiger partial charge in [-0.3, -0.25) is 9.10 Å². The average molecular weight is 529 g/mol. The standard InChI is InChI=1S/C25H31F3N2O3S2/c1-19-11-13-23(14-12-19)35(32,33)30(21-8-5-7-20(17-21)25(26,27)28)18-24(31)29-15-6-16-34-22-9-3-2-4-10-22/h5,7-8,11-14,17,22H,2-4,6,9-10,15-16,18H2,1H3,(H,29,31). The summed E-state index contributed by atoms with van der Waals surface area (Å²) in [6, 6.07) is 9.97. The Kier molecular flexibility index (Phi) is 9.52. The molecule has 1 fully saturated rings. The first kappa shape index (κ1) is 27.4. The minimum atomic E-state index is -4.65. The molecule has 1 N–H and O–H groups in total. The van der Waals surface area contributed by atoms with Crippen LogP contribution < -0.4 is 9.62 Å². The first-order valence-corrected chi connectivity index (χ1v) is 14.2. The second-order valence-electron chi connectivity index (χ2n) is 8.71. The zero-order valence-corrected chi connectivity index (χ0v) is 21.3. The van der Waals surface area contributed by atoms with Crippen molar-refractivity contribution in [3.8, 4) is 0 Å².